The van der Waals surface area contributed by atoms with E-state index in [1.807, 2.05) is 67.6 Å². The lowest BCUT2D eigenvalue weighted by Crippen LogP contribution is -2.13. The maximum absolute atomic E-state index is 13.9. The van der Waals surface area contributed by atoms with Crippen LogP contribution in [0.4, 0.5) is 0 Å². The van der Waals surface area contributed by atoms with E-state index in [2.05, 4.69) is 10.3 Å². The lowest BCUT2D eigenvalue weighted by Gasteiger charge is -2.12. The lowest BCUT2D eigenvalue weighted by atomic mass is 10.1. The maximum Gasteiger partial charge on any atom is 0.268 e. The van der Waals surface area contributed by atoms with Gasteiger partial charge in [-0.1, -0.05) is 59.3 Å². The van der Waals surface area contributed by atoms with Crippen LogP contribution < -0.4 is 0 Å². The molecule has 0 bridgehead atoms. The van der Waals surface area contributed by atoms with Crippen LogP contribution in [0.25, 0.3) is 38.2 Å². The summed E-state index contributed by atoms with van der Waals surface area (Å²) in [5, 5.41) is 10.8. The van der Waals surface area contributed by atoms with Crippen molar-refractivity contribution >= 4 is 48.2 Å². The van der Waals surface area contributed by atoms with Crippen LogP contribution in [-0.4, -0.2) is 27.2 Å². The first-order valence-electron chi connectivity index (χ1n) is 9.54. The summed E-state index contributed by atoms with van der Waals surface area (Å²) in [7, 11) is -3.84. The van der Waals surface area contributed by atoms with Crippen LogP contribution in [0.5, 0.6) is 0 Å². The minimum atomic E-state index is -3.84. The second-order valence-electron chi connectivity index (χ2n) is 7.37. The Morgan fingerprint density at radius 3 is 2.20 bits per heavy atom. The summed E-state index contributed by atoms with van der Waals surface area (Å²) >= 11 is 0. The molecule has 0 aliphatic rings. The molecule has 0 saturated carbocycles. The Hall–Kier alpha value is -3.71. The third-order valence-electron chi connectivity index (χ3n) is 5.58. The van der Waals surface area contributed by atoms with Crippen LogP contribution in [0.1, 0.15) is 5.56 Å². The molecule has 3 aromatic carbocycles. The molecule has 0 saturated heterocycles. The van der Waals surface area contributed by atoms with Gasteiger partial charge in [-0.2, -0.15) is 0 Å². The van der Waals surface area contributed by atoms with Crippen molar-refractivity contribution in [3.8, 4) is 0 Å². The molecule has 0 atom stereocenters. The average molecular weight is 412 g/mol. The minimum Gasteiger partial charge on any atom is -0.232 e. The molecule has 146 valence electrons. The zero-order valence-electron chi connectivity index (χ0n) is 16.0. The molecule has 3 heterocycles. The van der Waals surface area contributed by atoms with Gasteiger partial charge in [0.05, 0.1) is 33.2 Å². The predicted octanol–water partition coefficient (Wildman–Crippen LogP) is 4.54. The standard InChI is InChI=1S/C23H16N4O2S/c1-15-10-12-16(13-11-15)30(28,29)27-20-9-5-2-6-17(20)22-21-14-24-25-26(21)19-8-4-3-7-18(19)23(22)27/h2-14H,1H3. The highest BCUT2D eigenvalue weighted by Crippen LogP contribution is 2.38. The molecule has 6 aromatic rings. The number of nitrogens with zero attached hydrogens (tertiary/aromatic N) is 4. The van der Waals surface area contributed by atoms with Gasteiger partial charge >= 0.3 is 0 Å². The molecule has 0 unspecified atom stereocenters. The van der Waals surface area contributed by atoms with Crippen LogP contribution in [0.15, 0.2) is 83.9 Å². The molecular formula is C23H16N4O2S. The van der Waals surface area contributed by atoms with Gasteiger partial charge in [0.2, 0.25) is 0 Å². The van der Waals surface area contributed by atoms with Gasteiger partial charge in [-0.3, -0.25) is 0 Å². The Balaban J connectivity index is 1.92. The van der Waals surface area contributed by atoms with Crippen molar-refractivity contribution in [1.82, 2.24) is 18.8 Å². The molecule has 6 rings (SSSR count). The molecule has 0 fully saturated rings. The molecule has 0 N–H and O–H groups in total. The van der Waals surface area contributed by atoms with Gasteiger partial charge in [0.25, 0.3) is 10.0 Å². The van der Waals surface area contributed by atoms with Crippen molar-refractivity contribution in [2.24, 2.45) is 0 Å². The highest BCUT2D eigenvalue weighted by Gasteiger charge is 2.26. The Morgan fingerprint density at radius 2 is 1.43 bits per heavy atom. The zero-order chi connectivity index (χ0) is 20.5. The van der Waals surface area contributed by atoms with Crippen molar-refractivity contribution in [1.29, 1.82) is 0 Å². The Morgan fingerprint density at radius 1 is 0.767 bits per heavy atom. The van der Waals surface area contributed by atoms with Gasteiger partial charge in [0.15, 0.2) is 0 Å². The van der Waals surface area contributed by atoms with Crippen LogP contribution >= 0.6 is 0 Å². The van der Waals surface area contributed by atoms with Crippen LogP contribution in [0, 0.1) is 6.92 Å². The van der Waals surface area contributed by atoms with E-state index in [9.17, 15) is 8.42 Å². The molecule has 0 amide bonds. The molecule has 0 spiro atoms. The third-order valence-corrected chi connectivity index (χ3v) is 7.31. The second kappa shape index (κ2) is 5.90. The fourth-order valence-corrected chi connectivity index (χ4v) is 5.76. The van der Waals surface area contributed by atoms with Crippen molar-refractivity contribution in [3.63, 3.8) is 0 Å². The highest BCUT2D eigenvalue weighted by atomic mass is 32.2. The fourth-order valence-electron chi connectivity index (χ4n) is 4.22. The summed E-state index contributed by atoms with van der Waals surface area (Å²) in [6.45, 7) is 1.94. The number of pyridine rings is 1. The van der Waals surface area contributed by atoms with E-state index < -0.39 is 10.0 Å². The van der Waals surface area contributed by atoms with E-state index >= 15 is 0 Å². The monoisotopic (exact) mass is 412 g/mol. The minimum absolute atomic E-state index is 0.256. The second-order valence-corrected chi connectivity index (χ2v) is 9.16. The maximum atomic E-state index is 13.9. The smallest absolute Gasteiger partial charge is 0.232 e. The van der Waals surface area contributed by atoms with Crippen LogP contribution in [0.2, 0.25) is 0 Å². The summed E-state index contributed by atoms with van der Waals surface area (Å²) in [5.41, 5.74) is 3.86. The Labute approximate surface area is 172 Å². The summed E-state index contributed by atoms with van der Waals surface area (Å²) < 4.78 is 31.0. The van der Waals surface area contributed by atoms with Gasteiger partial charge < -0.3 is 0 Å². The molecule has 0 aliphatic heterocycles. The summed E-state index contributed by atoms with van der Waals surface area (Å²) in [5.74, 6) is 0. The number of aromatic nitrogens is 4. The quantitative estimate of drug-likeness (QED) is 0.419. The number of fused-ring (bicyclic) bond motifs is 8. The number of benzene rings is 3. The van der Waals surface area contributed by atoms with Gasteiger partial charge in [-0.25, -0.2) is 16.9 Å². The molecule has 3 aromatic heterocycles. The Kier molecular flexibility index (Phi) is 3.38. The van der Waals surface area contributed by atoms with E-state index in [0.29, 0.717) is 11.0 Å². The number of hydrogen-bond acceptors (Lipinski definition) is 4. The summed E-state index contributed by atoms with van der Waals surface area (Å²) in [4.78, 5) is 0.256. The summed E-state index contributed by atoms with van der Waals surface area (Å²) in [6.07, 6.45) is 1.68. The largest absolute Gasteiger partial charge is 0.268 e. The number of aryl methyl sites for hydroxylation is 1. The van der Waals surface area contributed by atoms with Gasteiger partial charge in [0.1, 0.15) is 0 Å². The van der Waals surface area contributed by atoms with E-state index in [-0.39, 0.29) is 4.90 Å². The normalized spacial score (nSPS) is 12.4. The van der Waals surface area contributed by atoms with E-state index in [1.165, 1.54) is 3.97 Å². The average Bonchev–Trinajstić information content (AvgIpc) is 3.37. The van der Waals surface area contributed by atoms with E-state index in [0.717, 1.165) is 32.8 Å². The predicted molar refractivity (Wildman–Crippen MR) is 117 cm³/mol. The van der Waals surface area contributed by atoms with Crippen molar-refractivity contribution in [2.45, 2.75) is 11.8 Å². The van der Waals surface area contributed by atoms with Crippen molar-refractivity contribution in [2.75, 3.05) is 0 Å². The number of rotatable bonds is 2. The summed E-state index contributed by atoms with van der Waals surface area (Å²) in [6, 6.07) is 22.2. The molecule has 6 nitrogen and oxygen atoms in total. The Bertz CT molecular complexity index is 1710. The number of para-hydroxylation sites is 2. The fraction of sp³-hybridized carbons (Fsp3) is 0.0435. The first-order chi connectivity index (χ1) is 14.6. The lowest BCUT2D eigenvalue weighted by molar-refractivity contribution is 0.590. The molecular weight excluding hydrogens is 396 g/mol. The van der Waals surface area contributed by atoms with Gasteiger partial charge in [-0.05, 0) is 31.2 Å². The SMILES string of the molecule is Cc1ccc(S(=O)(=O)n2c3ccccc3c3c2c2ccccc2n2nncc32)cc1. The van der Waals surface area contributed by atoms with Crippen LogP contribution in [0.3, 0.4) is 0 Å². The van der Waals surface area contributed by atoms with Crippen LogP contribution in [-0.2, 0) is 10.0 Å². The van der Waals surface area contributed by atoms with Crippen molar-refractivity contribution in [3.05, 3.63) is 84.6 Å². The first-order valence-corrected chi connectivity index (χ1v) is 11.0. The van der Waals surface area contributed by atoms with E-state index in [1.54, 1.807) is 22.8 Å². The molecule has 7 heteroatoms. The third kappa shape index (κ3) is 2.15. The number of hydrogen-bond donors (Lipinski definition) is 0. The molecule has 0 aliphatic carbocycles. The van der Waals surface area contributed by atoms with E-state index in [4.69, 9.17) is 0 Å². The van der Waals surface area contributed by atoms with Crippen molar-refractivity contribution < 1.29 is 8.42 Å². The van der Waals surface area contributed by atoms with Gasteiger partial charge in [-0.15, -0.1) is 5.10 Å². The zero-order valence-corrected chi connectivity index (χ0v) is 16.8. The topological polar surface area (TPSA) is 69.3 Å². The first kappa shape index (κ1) is 17.2. The molecule has 30 heavy (non-hydrogen) atoms. The van der Waals surface area contributed by atoms with Gasteiger partial charge in [0, 0.05) is 16.2 Å². The highest BCUT2D eigenvalue weighted by molar-refractivity contribution is 7.90. The molecule has 0 radical (unpaired) electrons.